The summed E-state index contributed by atoms with van der Waals surface area (Å²) in [5, 5.41) is 11.6. The maximum Gasteiger partial charge on any atom is 0.326 e. The van der Waals surface area contributed by atoms with E-state index in [2.05, 4.69) is 5.32 Å². The fourth-order valence-corrected chi connectivity index (χ4v) is 2.00. The molecule has 2 rings (SSSR count). The van der Waals surface area contributed by atoms with E-state index in [0.717, 1.165) is 18.4 Å². The van der Waals surface area contributed by atoms with Gasteiger partial charge in [0.2, 0.25) is 5.91 Å². The topological polar surface area (TPSA) is 75.6 Å². The van der Waals surface area contributed by atoms with Gasteiger partial charge in [0.05, 0.1) is 13.5 Å². The highest BCUT2D eigenvalue weighted by Gasteiger charge is 2.37. The van der Waals surface area contributed by atoms with Gasteiger partial charge in [-0.2, -0.15) is 0 Å². The molecular formula is C14H17NO4. The summed E-state index contributed by atoms with van der Waals surface area (Å²) in [7, 11) is 1.56. The molecule has 5 heteroatoms. The summed E-state index contributed by atoms with van der Waals surface area (Å²) >= 11 is 0. The van der Waals surface area contributed by atoms with Crippen molar-refractivity contribution in [1.82, 2.24) is 5.32 Å². The van der Waals surface area contributed by atoms with Crippen molar-refractivity contribution in [2.45, 2.75) is 25.3 Å². The van der Waals surface area contributed by atoms with E-state index in [9.17, 15) is 9.59 Å². The number of methoxy groups -OCH3 is 1. The summed E-state index contributed by atoms with van der Waals surface area (Å²) in [5.74, 6) is -0.455. The zero-order valence-corrected chi connectivity index (χ0v) is 10.8. The monoisotopic (exact) mass is 263 g/mol. The standard InChI is InChI=1S/C14H17NO4/c1-19-11-4-2-3-9(7-11)8-12(16)15-13(14(17)18)10-5-6-10/h2-4,7,10,13H,5-6,8H2,1H3,(H,15,16)(H,17,18). The van der Waals surface area contributed by atoms with Gasteiger partial charge < -0.3 is 15.2 Å². The first-order valence-electron chi connectivity index (χ1n) is 6.25. The summed E-state index contributed by atoms with van der Waals surface area (Å²) in [6.07, 6.45) is 1.90. The van der Waals surface area contributed by atoms with Crippen molar-refractivity contribution >= 4 is 11.9 Å². The predicted molar refractivity (Wildman–Crippen MR) is 69.0 cm³/mol. The molecule has 5 nitrogen and oxygen atoms in total. The predicted octanol–water partition coefficient (Wildman–Crippen LogP) is 1.22. The Morgan fingerprint density at radius 3 is 2.79 bits per heavy atom. The summed E-state index contributed by atoms with van der Waals surface area (Å²) in [4.78, 5) is 22.9. The molecule has 1 aromatic carbocycles. The number of carbonyl (C=O) groups is 2. The van der Waals surface area contributed by atoms with Crippen LogP contribution in [0, 0.1) is 5.92 Å². The van der Waals surface area contributed by atoms with Gasteiger partial charge in [0.25, 0.3) is 0 Å². The molecule has 1 fully saturated rings. The van der Waals surface area contributed by atoms with Crippen LogP contribution < -0.4 is 10.1 Å². The van der Waals surface area contributed by atoms with Crippen molar-refractivity contribution in [2.24, 2.45) is 5.92 Å². The number of amides is 1. The molecule has 1 unspecified atom stereocenters. The van der Waals surface area contributed by atoms with Crippen molar-refractivity contribution in [1.29, 1.82) is 0 Å². The van der Waals surface area contributed by atoms with Gasteiger partial charge in [0.1, 0.15) is 11.8 Å². The van der Waals surface area contributed by atoms with Crippen LogP contribution in [-0.2, 0) is 16.0 Å². The fraction of sp³-hybridized carbons (Fsp3) is 0.429. The van der Waals surface area contributed by atoms with Crippen molar-refractivity contribution in [3.8, 4) is 5.75 Å². The molecule has 0 saturated heterocycles. The summed E-state index contributed by atoms with van der Waals surface area (Å²) in [5.41, 5.74) is 0.803. The third kappa shape index (κ3) is 3.71. The van der Waals surface area contributed by atoms with Gasteiger partial charge >= 0.3 is 5.97 Å². The van der Waals surface area contributed by atoms with Crippen LogP contribution in [0.5, 0.6) is 5.75 Å². The number of aliphatic carboxylic acids is 1. The van der Waals surface area contributed by atoms with Crippen molar-refractivity contribution in [3.05, 3.63) is 29.8 Å². The van der Waals surface area contributed by atoms with Crippen LogP contribution in [0.4, 0.5) is 0 Å². The maximum absolute atomic E-state index is 11.8. The normalized spacial score (nSPS) is 15.6. The van der Waals surface area contributed by atoms with Crippen LogP contribution in [0.2, 0.25) is 0 Å². The van der Waals surface area contributed by atoms with Gasteiger partial charge in [-0.15, -0.1) is 0 Å². The number of rotatable bonds is 6. The first-order chi connectivity index (χ1) is 9.10. The number of benzene rings is 1. The van der Waals surface area contributed by atoms with E-state index < -0.39 is 12.0 Å². The average molecular weight is 263 g/mol. The molecule has 0 spiro atoms. The highest BCUT2D eigenvalue weighted by molar-refractivity contribution is 5.85. The number of carbonyl (C=O) groups excluding carboxylic acids is 1. The molecule has 0 bridgehead atoms. The number of carboxylic acids is 1. The molecule has 0 aromatic heterocycles. The molecular weight excluding hydrogens is 246 g/mol. The third-order valence-corrected chi connectivity index (χ3v) is 3.17. The largest absolute Gasteiger partial charge is 0.497 e. The second-order valence-electron chi connectivity index (χ2n) is 4.75. The molecule has 1 atom stereocenters. The Bertz CT molecular complexity index is 482. The van der Waals surface area contributed by atoms with E-state index >= 15 is 0 Å². The van der Waals surface area contributed by atoms with Crippen molar-refractivity contribution in [3.63, 3.8) is 0 Å². The molecule has 1 saturated carbocycles. The second-order valence-corrected chi connectivity index (χ2v) is 4.75. The number of ether oxygens (including phenoxy) is 1. The lowest BCUT2D eigenvalue weighted by molar-refractivity contribution is -0.142. The Labute approximate surface area is 111 Å². The zero-order chi connectivity index (χ0) is 13.8. The highest BCUT2D eigenvalue weighted by Crippen LogP contribution is 2.32. The minimum Gasteiger partial charge on any atom is -0.497 e. The van der Waals surface area contributed by atoms with E-state index in [1.165, 1.54) is 0 Å². The molecule has 0 aliphatic heterocycles. The van der Waals surface area contributed by atoms with E-state index in [0.29, 0.717) is 5.75 Å². The lowest BCUT2D eigenvalue weighted by atomic mass is 10.1. The SMILES string of the molecule is COc1cccc(CC(=O)NC(C(=O)O)C2CC2)c1. The molecule has 0 heterocycles. The number of hydrogen-bond donors (Lipinski definition) is 2. The first-order valence-corrected chi connectivity index (χ1v) is 6.25. The van der Waals surface area contributed by atoms with Gasteiger partial charge in [0, 0.05) is 0 Å². The van der Waals surface area contributed by atoms with Gasteiger partial charge in [-0.1, -0.05) is 12.1 Å². The number of nitrogens with one attached hydrogen (secondary N) is 1. The smallest absolute Gasteiger partial charge is 0.326 e. The molecule has 1 aromatic rings. The minimum atomic E-state index is -0.957. The zero-order valence-electron chi connectivity index (χ0n) is 10.8. The van der Waals surface area contributed by atoms with Crippen molar-refractivity contribution in [2.75, 3.05) is 7.11 Å². The van der Waals surface area contributed by atoms with Crippen LogP contribution in [-0.4, -0.2) is 30.1 Å². The second kappa shape index (κ2) is 5.73. The van der Waals surface area contributed by atoms with Crippen LogP contribution in [0.15, 0.2) is 24.3 Å². The Morgan fingerprint density at radius 1 is 1.47 bits per heavy atom. The molecule has 19 heavy (non-hydrogen) atoms. The Morgan fingerprint density at radius 2 is 2.21 bits per heavy atom. The Hall–Kier alpha value is -2.04. The van der Waals surface area contributed by atoms with Gasteiger partial charge in [-0.25, -0.2) is 4.79 Å². The average Bonchev–Trinajstić information content (AvgIpc) is 3.20. The Balaban J connectivity index is 1.94. The van der Waals surface area contributed by atoms with Crippen LogP contribution >= 0.6 is 0 Å². The number of carboxylic acid groups (broad SMARTS) is 1. The minimum absolute atomic E-state index is 0.0896. The highest BCUT2D eigenvalue weighted by atomic mass is 16.5. The fourth-order valence-electron chi connectivity index (χ4n) is 2.00. The van der Waals surface area contributed by atoms with Crippen LogP contribution in [0.3, 0.4) is 0 Å². The quantitative estimate of drug-likeness (QED) is 0.809. The molecule has 102 valence electrons. The van der Waals surface area contributed by atoms with Crippen LogP contribution in [0.25, 0.3) is 0 Å². The maximum atomic E-state index is 11.8. The van der Waals surface area contributed by atoms with E-state index in [-0.39, 0.29) is 18.2 Å². The van der Waals surface area contributed by atoms with E-state index in [4.69, 9.17) is 9.84 Å². The summed E-state index contributed by atoms with van der Waals surface area (Å²) in [6.45, 7) is 0. The third-order valence-electron chi connectivity index (χ3n) is 3.17. The van der Waals surface area contributed by atoms with E-state index in [1.807, 2.05) is 6.07 Å². The summed E-state index contributed by atoms with van der Waals surface area (Å²) in [6, 6.07) is 6.43. The lowest BCUT2D eigenvalue weighted by Crippen LogP contribution is -2.43. The van der Waals surface area contributed by atoms with Gasteiger partial charge in [0.15, 0.2) is 0 Å². The molecule has 0 radical (unpaired) electrons. The molecule has 2 N–H and O–H groups in total. The lowest BCUT2D eigenvalue weighted by Gasteiger charge is -2.13. The number of hydrogen-bond acceptors (Lipinski definition) is 3. The summed E-state index contributed by atoms with van der Waals surface area (Å²) < 4.78 is 5.08. The molecule has 1 amide bonds. The molecule has 1 aliphatic carbocycles. The van der Waals surface area contributed by atoms with Crippen molar-refractivity contribution < 1.29 is 19.4 Å². The Kier molecular flexibility index (Phi) is 4.04. The molecule has 1 aliphatic rings. The van der Waals surface area contributed by atoms with Crippen LogP contribution in [0.1, 0.15) is 18.4 Å². The van der Waals surface area contributed by atoms with E-state index in [1.54, 1.807) is 25.3 Å². The van der Waals surface area contributed by atoms with Gasteiger partial charge in [-0.3, -0.25) is 4.79 Å². The first kappa shape index (κ1) is 13.4. The van der Waals surface area contributed by atoms with Gasteiger partial charge in [-0.05, 0) is 36.5 Å².